The summed E-state index contributed by atoms with van der Waals surface area (Å²) >= 11 is 0. The number of amides is 1. The fourth-order valence-corrected chi connectivity index (χ4v) is 0.728. The predicted octanol–water partition coefficient (Wildman–Crippen LogP) is 1.05. The highest BCUT2D eigenvalue weighted by Gasteiger charge is 2.18. The molecule has 5 heteroatoms. The zero-order chi connectivity index (χ0) is 11.2. The van der Waals surface area contributed by atoms with Gasteiger partial charge in [0.2, 0.25) is 0 Å². The van der Waals surface area contributed by atoms with E-state index < -0.39 is 17.7 Å². The van der Waals surface area contributed by atoms with Gasteiger partial charge >= 0.3 is 6.09 Å². The van der Waals surface area contributed by atoms with Crippen LogP contribution >= 0.6 is 0 Å². The van der Waals surface area contributed by atoms with Gasteiger partial charge in [-0.25, -0.2) is 4.79 Å². The molecule has 14 heavy (non-hydrogen) atoms. The molecule has 0 aliphatic carbocycles. The highest BCUT2D eigenvalue weighted by Crippen LogP contribution is 2.06. The number of hydrogen-bond acceptors (Lipinski definition) is 4. The number of methoxy groups -OCH3 is 1. The summed E-state index contributed by atoms with van der Waals surface area (Å²) in [6.45, 7) is 5.41. The summed E-state index contributed by atoms with van der Waals surface area (Å²) in [7, 11) is 1.46. The Bertz CT molecular complexity index is 227. The van der Waals surface area contributed by atoms with Crippen LogP contribution in [0.3, 0.4) is 0 Å². The molecule has 0 aromatic rings. The maximum Gasteiger partial charge on any atom is 0.408 e. The normalized spacial score (nSPS) is 12.8. The number of carbonyl (C=O) groups excluding carboxylic acids is 1. The molecule has 1 amide bonds. The number of nitrogens with one attached hydrogen (secondary N) is 1. The first kappa shape index (κ1) is 12.7. The summed E-state index contributed by atoms with van der Waals surface area (Å²) in [5.41, 5.74) is -0.558. The average molecular weight is 200 g/mol. The zero-order valence-electron chi connectivity index (χ0n) is 8.96. The van der Waals surface area contributed by atoms with Crippen molar-refractivity contribution in [1.29, 1.82) is 5.26 Å². The molecule has 0 bridgehead atoms. The molecule has 0 heterocycles. The lowest BCUT2D eigenvalue weighted by Crippen LogP contribution is -2.40. The van der Waals surface area contributed by atoms with E-state index in [0.717, 1.165) is 0 Å². The van der Waals surface area contributed by atoms with Crippen molar-refractivity contribution < 1.29 is 14.3 Å². The van der Waals surface area contributed by atoms with Crippen LogP contribution in [0.25, 0.3) is 0 Å². The van der Waals surface area contributed by atoms with Gasteiger partial charge in [-0.15, -0.1) is 0 Å². The van der Waals surface area contributed by atoms with Gasteiger partial charge in [-0.3, -0.25) is 0 Å². The van der Waals surface area contributed by atoms with Crippen LogP contribution in [0.2, 0.25) is 0 Å². The average Bonchev–Trinajstić information content (AvgIpc) is 2.00. The maximum absolute atomic E-state index is 11.2. The molecule has 0 saturated carbocycles. The van der Waals surface area contributed by atoms with Crippen LogP contribution in [-0.4, -0.2) is 31.5 Å². The minimum Gasteiger partial charge on any atom is -0.444 e. The molecule has 0 saturated heterocycles. The van der Waals surface area contributed by atoms with Gasteiger partial charge in [-0.05, 0) is 20.8 Å². The van der Waals surface area contributed by atoms with Gasteiger partial charge in [0.15, 0.2) is 0 Å². The Hall–Kier alpha value is -1.28. The summed E-state index contributed by atoms with van der Waals surface area (Å²) in [4.78, 5) is 11.2. The number of hydrogen-bond donors (Lipinski definition) is 1. The first-order chi connectivity index (χ1) is 6.39. The van der Waals surface area contributed by atoms with E-state index in [4.69, 9.17) is 14.7 Å². The third-order valence-electron chi connectivity index (χ3n) is 1.18. The second-order valence-corrected chi connectivity index (χ2v) is 3.78. The molecule has 0 spiro atoms. The van der Waals surface area contributed by atoms with E-state index in [9.17, 15) is 4.79 Å². The Kier molecular flexibility index (Phi) is 4.95. The Balaban J connectivity index is 3.99. The first-order valence-electron chi connectivity index (χ1n) is 4.27. The number of carbonyl (C=O) groups is 1. The molecule has 0 fully saturated rings. The molecular weight excluding hydrogens is 184 g/mol. The highest BCUT2D eigenvalue weighted by molar-refractivity contribution is 5.68. The van der Waals surface area contributed by atoms with Gasteiger partial charge in [0.05, 0.1) is 12.7 Å². The van der Waals surface area contributed by atoms with E-state index >= 15 is 0 Å². The fourth-order valence-electron chi connectivity index (χ4n) is 0.728. The molecule has 0 rings (SSSR count). The molecule has 5 nitrogen and oxygen atoms in total. The molecule has 80 valence electrons. The highest BCUT2D eigenvalue weighted by atomic mass is 16.6. The van der Waals surface area contributed by atoms with E-state index in [1.54, 1.807) is 20.8 Å². The molecular formula is C9H16N2O3. The maximum atomic E-state index is 11.2. The molecule has 1 N–H and O–H groups in total. The molecule has 0 aliphatic rings. The Morgan fingerprint density at radius 1 is 1.57 bits per heavy atom. The quantitative estimate of drug-likeness (QED) is 0.739. The molecule has 0 radical (unpaired) electrons. The summed E-state index contributed by atoms with van der Waals surface area (Å²) in [5, 5.41) is 11.0. The van der Waals surface area contributed by atoms with Gasteiger partial charge in [-0.1, -0.05) is 0 Å². The van der Waals surface area contributed by atoms with E-state index in [2.05, 4.69) is 5.32 Å². The third kappa shape index (κ3) is 6.26. The summed E-state index contributed by atoms with van der Waals surface area (Å²) in [6.07, 6.45) is -0.610. The SMILES string of the molecule is COCC(C#N)NC(=O)OC(C)(C)C. The number of ether oxygens (including phenoxy) is 2. The van der Waals surface area contributed by atoms with Crippen LogP contribution in [0.5, 0.6) is 0 Å². The van der Waals surface area contributed by atoms with Crippen molar-refractivity contribution in [3.05, 3.63) is 0 Å². The molecule has 1 unspecified atom stereocenters. The van der Waals surface area contributed by atoms with Crippen molar-refractivity contribution >= 4 is 6.09 Å². The standard InChI is InChI=1S/C9H16N2O3/c1-9(2,3)14-8(12)11-7(5-10)6-13-4/h7H,6H2,1-4H3,(H,11,12). The predicted molar refractivity (Wildman–Crippen MR) is 50.6 cm³/mol. The minimum atomic E-state index is -0.671. The van der Waals surface area contributed by atoms with E-state index in [0.29, 0.717) is 0 Å². The minimum absolute atomic E-state index is 0.149. The van der Waals surface area contributed by atoms with Crippen LogP contribution in [0.1, 0.15) is 20.8 Å². The van der Waals surface area contributed by atoms with Crippen molar-refractivity contribution in [2.75, 3.05) is 13.7 Å². The lowest BCUT2D eigenvalue weighted by atomic mass is 10.2. The van der Waals surface area contributed by atoms with Crippen LogP contribution in [0.4, 0.5) is 4.79 Å². The molecule has 0 aromatic carbocycles. The number of rotatable bonds is 3. The second kappa shape index (κ2) is 5.45. The Morgan fingerprint density at radius 3 is 2.50 bits per heavy atom. The van der Waals surface area contributed by atoms with Crippen LogP contribution in [-0.2, 0) is 9.47 Å². The Labute approximate surface area is 84.0 Å². The topological polar surface area (TPSA) is 71.3 Å². The zero-order valence-corrected chi connectivity index (χ0v) is 8.96. The summed E-state index contributed by atoms with van der Waals surface area (Å²) < 4.78 is 9.69. The van der Waals surface area contributed by atoms with Crippen molar-refractivity contribution in [3.63, 3.8) is 0 Å². The van der Waals surface area contributed by atoms with Gasteiger partial charge < -0.3 is 14.8 Å². The second-order valence-electron chi connectivity index (χ2n) is 3.78. The van der Waals surface area contributed by atoms with Gasteiger partial charge in [0.25, 0.3) is 0 Å². The molecule has 0 aromatic heterocycles. The van der Waals surface area contributed by atoms with Crippen molar-refractivity contribution in [3.8, 4) is 6.07 Å². The number of alkyl carbamates (subject to hydrolysis) is 1. The lowest BCUT2D eigenvalue weighted by Gasteiger charge is -2.20. The fraction of sp³-hybridized carbons (Fsp3) is 0.778. The summed E-state index contributed by atoms with van der Waals surface area (Å²) in [5.74, 6) is 0. The Morgan fingerprint density at radius 2 is 2.14 bits per heavy atom. The molecule has 0 aliphatic heterocycles. The summed E-state index contributed by atoms with van der Waals surface area (Å²) in [6, 6.07) is 1.21. The lowest BCUT2D eigenvalue weighted by molar-refractivity contribution is 0.0490. The van der Waals surface area contributed by atoms with E-state index in [1.165, 1.54) is 7.11 Å². The number of nitriles is 1. The van der Waals surface area contributed by atoms with Crippen LogP contribution < -0.4 is 5.32 Å². The van der Waals surface area contributed by atoms with Crippen LogP contribution in [0.15, 0.2) is 0 Å². The van der Waals surface area contributed by atoms with Gasteiger partial charge in [0, 0.05) is 7.11 Å². The van der Waals surface area contributed by atoms with Gasteiger partial charge in [0.1, 0.15) is 11.6 Å². The third-order valence-corrected chi connectivity index (χ3v) is 1.18. The van der Waals surface area contributed by atoms with E-state index in [-0.39, 0.29) is 6.61 Å². The van der Waals surface area contributed by atoms with Crippen molar-refractivity contribution in [1.82, 2.24) is 5.32 Å². The van der Waals surface area contributed by atoms with Crippen molar-refractivity contribution in [2.45, 2.75) is 32.4 Å². The monoisotopic (exact) mass is 200 g/mol. The molecule has 1 atom stereocenters. The largest absolute Gasteiger partial charge is 0.444 e. The van der Waals surface area contributed by atoms with E-state index in [1.807, 2.05) is 6.07 Å². The first-order valence-corrected chi connectivity index (χ1v) is 4.27. The smallest absolute Gasteiger partial charge is 0.408 e. The van der Waals surface area contributed by atoms with Gasteiger partial charge in [-0.2, -0.15) is 5.26 Å². The van der Waals surface area contributed by atoms with Crippen LogP contribution in [0, 0.1) is 11.3 Å². The van der Waals surface area contributed by atoms with Crippen molar-refractivity contribution in [2.24, 2.45) is 0 Å². The number of nitrogens with zero attached hydrogens (tertiary/aromatic N) is 1.